The highest BCUT2D eigenvalue weighted by Gasteiger charge is 2.33. The minimum absolute atomic E-state index is 0.0125. The van der Waals surface area contributed by atoms with Crippen LogP contribution in [0.2, 0.25) is 5.02 Å². The maximum absolute atomic E-state index is 12.9. The first-order chi connectivity index (χ1) is 12.1. The average Bonchev–Trinajstić information content (AvgIpc) is 3.10. The summed E-state index contributed by atoms with van der Waals surface area (Å²) >= 11 is 5.91. The Bertz CT molecular complexity index is 803. The molecule has 2 aromatic heterocycles. The molecular weight excluding hydrogens is 348 g/mol. The van der Waals surface area contributed by atoms with Crippen molar-refractivity contribution in [1.29, 1.82) is 0 Å². The molecule has 0 bridgehead atoms. The number of methoxy groups -OCH3 is 1. The Balaban J connectivity index is 1.85. The van der Waals surface area contributed by atoms with Crippen molar-refractivity contribution in [3.63, 3.8) is 0 Å². The van der Waals surface area contributed by atoms with Gasteiger partial charge in [0.1, 0.15) is 11.6 Å². The van der Waals surface area contributed by atoms with Gasteiger partial charge in [-0.25, -0.2) is 0 Å². The van der Waals surface area contributed by atoms with Gasteiger partial charge in [0.2, 0.25) is 5.89 Å². The van der Waals surface area contributed by atoms with Crippen LogP contribution in [0.5, 0.6) is 0 Å². The second-order valence-corrected chi connectivity index (χ2v) is 6.30. The third-order valence-corrected chi connectivity index (χ3v) is 4.38. The summed E-state index contributed by atoms with van der Waals surface area (Å²) in [5.41, 5.74) is -0.455. The Hall–Kier alpha value is -2.19. The molecule has 1 saturated heterocycles. The van der Waals surface area contributed by atoms with Crippen molar-refractivity contribution in [1.82, 2.24) is 20.0 Å². The van der Waals surface area contributed by atoms with Crippen LogP contribution >= 0.6 is 11.6 Å². The molecular formula is C16H19ClN4O4. The maximum atomic E-state index is 12.9. The molecule has 1 aliphatic rings. The topological polar surface area (TPSA) is 101 Å². The van der Waals surface area contributed by atoms with Gasteiger partial charge in [0.25, 0.3) is 11.5 Å². The standard InChI is InChI=1S/C16H19ClN4O4/c1-24-7-5-13-19-15(25-20-13)12-4-2-3-6-21(12)16(23)11-8-10(17)9-18-14(11)22/h8-9,12H,2-7H2,1H3,(H,18,22)/t12-/m0/s1. The van der Waals surface area contributed by atoms with Gasteiger partial charge in [-0.1, -0.05) is 16.8 Å². The number of carbonyl (C=O) groups is 1. The Labute approximate surface area is 149 Å². The summed E-state index contributed by atoms with van der Waals surface area (Å²) < 4.78 is 10.4. The summed E-state index contributed by atoms with van der Waals surface area (Å²) in [6.45, 7) is 1.01. The molecule has 9 heteroatoms. The van der Waals surface area contributed by atoms with Crippen molar-refractivity contribution in [3.8, 4) is 0 Å². The second-order valence-electron chi connectivity index (χ2n) is 5.86. The Kier molecular flexibility index (Phi) is 5.50. The first-order valence-corrected chi connectivity index (χ1v) is 8.48. The number of nitrogens with one attached hydrogen (secondary N) is 1. The summed E-state index contributed by atoms with van der Waals surface area (Å²) in [7, 11) is 1.60. The third-order valence-electron chi connectivity index (χ3n) is 4.16. The van der Waals surface area contributed by atoms with Crippen LogP contribution in [0.3, 0.4) is 0 Å². The number of aromatic amines is 1. The van der Waals surface area contributed by atoms with Gasteiger partial charge in [-0.15, -0.1) is 0 Å². The highest BCUT2D eigenvalue weighted by atomic mass is 35.5. The van der Waals surface area contributed by atoms with Crippen LogP contribution in [0.25, 0.3) is 0 Å². The lowest BCUT2D eigenvalue weighted by molar-refractivity contribution is 0.0559. The van der Waals surface area contributed by atoms with E-state index in [0.717, 1.165) is 12.8 Å². The molecule has 0 spiro atoms. The van der Waals surface area contributed by atoms with Crippen molar-refractivity contribution in [2.45, 2.75) is 31.7 Å². The third kappa shape index (κ3) is 3.91. The summed E-state index contributed by atoms with van der Waals surface area (Å²) in [5.74, 6) is 0.540. The quantitative estimate of drug-likeness (QED) is 0.868. The number of hydrogen-bond donors (Lipinski definition) is 1. The maximum Gasteiger partial charge on any atom is 0.260 e. The summed E-state index contributed by atoms with van der Waals surface area (Å²) in [5, 5.41) is 4.24. The zero-order valence-electron chi connectivity index (χ0n) is 13.8. The van der Waals surface area contributed by atoms with E-state index in [9.17, 15) is 9.59 Å². The number of halogens is 1. The highest BCUT2D eigenvalue weighted by molar-refractivity contribution is 6.30. The molecule has 134 valence electrons. The van der Waals surface area contributed by atoms with Gasteiger partial charge in [-0.05, 0) is 25.3 Å². The number of amides is 1. The molecule has 1 N–H and O–H groups in total. The number of piperidine rings is 1. The van der Waals surface area contributed by atoms with Gasteiger partial charge < -0.3 is 19.1 Å². The van der Waals surface area contributed by atoms with Crippen LogP contribution in [-0.2, 0) is 11.2 Å². The Morgan fingerprint density at radius 1 is 1.52 bits per heavy atom. The van der Waals surface area contributed by atoms with E-state index in [1.807, 2.05) is 0 Å². The molecule has 8 nitrogen and oxygen atoms in total. The number of rotatable bonds is 5. The molecule has 1 atom stereocenters. The van der Waals surface area contributed by atoms with E-state index < -0.39 is 5.56 Å². The van der Waals surface area contributed by atoms with E-state index in [2.05, 4.69) is 15.1 Å². The lowest BCUT2D eigenvalue weighted by Crippen LogP contribution is -2.40. The summed E-state index contributed by atoms with van der Waals surface area (Å²) in [6, 6.07) is 1.04. The van der Waals surface area contributed by atoms with Crippen molar-refractivity contribution in [2.24, 2.45) is 0 Å². The summed E-state index contributed by atoms with van der Waals surface area (Å²) in [6.07, 6.45) is 4.39. The van der Waals surface area contributed by atoms with E-state index >= 15 is 0 Å². The fourth-order valence-electron chi connectivity index (χ4n) is 2.90. The molecule has 0 aromatic carbocycles. The van der Waals surface area contributed by atoms with Crippen LogP contribution in [0, 0.1) is 0 Å². The SMILES string of the molecule is COCCc1noc([C@@H]2CCCCN2C(=O)c2cc(Cl)c[nH]c2=O)n1. The fraction of sp³-hybridized carbons (Fsp3) is 0.500. The fourth-order valence-corrected chi connectivity index (χ4v) is 3.06. The Morgan fingerprint density at radius 2 is 2.36 bits per heavy atom. The lowest BCUT2D eigenvalue weighted by atomic mass is 10.0. The lowest BCUT2D eigenvalue weighted by Gasteiger charge is -2.33. The predicted molar refractivity (Wildman–Crippen MR) is 89.6 cm³/mol. The predicted octanol–water partition coefficient (Wildman–Crippen LogP) is 1.97. The van der Waals surface area contributed by atoms with Gasteiger partial charge in [0.05, 0.1) is 11.6 Å². The zero-order chi connectivity index (χ0) is 17.8. The van der Waals surface area contributed by atoms with E-state index in [0.29, 0.717) is 42.7 Å². The molecule has 1 fully saturated rings. The number of ether oxygens (including phenoxy) is 1. The normalized spacial score (nSPS) is 17.7. The number of likely N-dealkylation sites (tertiary alicyclic amines) is 1. The molecule has 25 heavy (non-hydrogen) atoms. The Morgan fingerprint density at radius 3 is 3.16 bits per heavy atom. The van der Waals surface area contributed by atoms with E-state index in [1.165, 1.54) is 12.3 Å². The average molecular weight is 367 g/mol. The molecule has 0 aliphatic carbocycles. The van der Waals surface area contributed by atoms with Crippen molar-refractivity contribution < 1.29 is 14.1 Å². The van der Waals surface area contributed by atoms with Gasteiger partial charge in [-0.3, -0.25) is 9.59 Å². The van der Waals surface area contributed by atoms with Crippen LogP contribution < -0.4 is 5.56 Å². The molecule has 3 rings (SSSR count). The van der Waals surface area contributed by atoms with Gasteiger partial charge in [-0.2, -0.15) is 4.98 Å². The smallest absolute Gasteiger partial charge is 0.260 e. The number of nitrogens with zero attached hydrogens (tertiary/aromatic N) is 3. The number of hydrogen-bond acceptors (Lipinski definition) is 6. The van der Waals surface area contributed by atoms with E-state index in [4.69, 9.17) is 20.9 Å². The van der Waals surface area contributed by atoms with Crippen LogP contribution in [0.4, 0.5) is 0 Å². The molecule has 2 aromatic rings. The number of carbonyl (C=O) groups excluding carboxylic acids is 1. The highest BCUT2D eigenvalue weighted by Crippen LogP contribution is 2.31. The number of pyridine rings is 1. The molecule has 0 radical (unpaired) electrons. The van der Waals surface area contributed by atoms with Crippen LogP contribution in [-0.4, -0.2) is 46.2 Å². The van der Waals surface area contributed by atoms with Crippen molar-refractivity contribution in [3.05, 3.63) is 44.9 Å². The van der Waals surface area contributed by atoms with E-state index in [-0.39, 0.29) is 17.5 Å². The largest absolute Gasteiger partial charge is 0.384 e. The molecule has 0 unspecified atom stereocenters. The van der Waals surface area contributed by atoms with Gasteiger partial charge >= 0.3 is 0 Å². The van der Waals surface area contributed by atoms with E-state index in [1.54, 1.807) is 12.0 Å². The number of H-pyrrole nitrogens is 1. The second kappa shape index (κ2) is 7.79. The van der Waals surface area contributed by atoms with Crippen molar-refractivity contribution in [2.75, 3.05) is 20.3 Å². The zero-order valence-corrected chi connectivity index (χ0v) is 14.6. The molecule has 3 heterocycles. The molecule has 0 saturated carbocycles. The molecule has 1 aliphatic heterocycles. The van der Waals surface area contributed by atoms with Crippen LogP contribution in [0.15, 0.2) is 21.6 Å². The van der Waals surface area contributed by atoms with Gasteiger partial charge in [0.15, 0.2) is 5.82 Å². The minimum Gasteiger partial charge on any atom is -0.384 e. The minimum atomic E-state index is -0.468. The molecule has 1 amide bonds. The first-order valence-electron chi connectivity index (χ1n) is 8.10. The first kappa shape index (κ1) is 17.6. The monoisotopic (exact) mass is 366 g/mol. The van der Waals surface area contributed by atoms with Crippen molar-refractivity contribution >= 4 is 17.5 Å². The summed E-state index contributed by atoms with van der Waals surface area (Å²) in [4.78, 5) is 33.3. The van der Waals surface area contributed by atoms with Crippen LogP contribution in [0.1, 0.15) is 47.4 Å². The van der Waals surface area contributed by atoms with Gasteiger partial charge in [0, 0.05) is 26.3 Å². The number of aromatic nitrogens is 3.